The zero-order valence-corrected chi connectivity index (χ0v) is 14.4. The van der Waals surface area contributed by atoms with Crippen LogP contribution >= 0.6 is 11.6 Å². The summed E-state index contributed by atoms with van der Waals surface area (Å²) in [5.74, 6) is 1.28. The van der Waals surface area contributed by atoms with Crippen LogP contribution in [0.25, 0.3) is 0 Å². The Morgan fingerprint density at radius 1 is 1.21 bits per heavy atom. The molecule has 2 aromatic carbocycles. The fourth-order valence-corrected chi connectivity index (χ4v) is 3.09. The van der Waals surface area contributed by atoms with Crippen LogP contribution in [0.1, 0.15) is 16.8 Å². The minimum Gasteiger partial charge on any atom is -0.497 e. The van der Waals surface area contributed by atoms with E-state index in [1.165, 1.54) is 5.69 Å². The number of anilines is 1. The summed E-state index contributed by atoms with van der Waals surface area (Å²) in [6, 6.07) is 15.1. The molecule has 1 fully saturated rings. The third-order valence-corrected chi connectivity index (χ3v) is 4.63. The van der Waals surface area contributed by atoms with Crippen molar-refractivity contribution in [1.82, 2.24) is 5.32 Å². The molecule has 24 heavy (non-hydrogen) atoms. The van der Waals surface area contributed by atoms with Crippen molar-refractivity contribution in [3.8, 4) is 5.75 Å². The van der Waals surface area contributed by atoms with E-state index in [0.29, 0.717) is 23.0 Å². The van der Waals surface area contributed by atoms with Crippen LogP contribution in [-0.4, -0.2) is 32.7 Å². The Hall–Kier alpha value is -2.20. The largest absolute Gasteiger partial charge is 0.497 e. The monoisotopic (exact) mass is 344 g/mol. The van der Waals surface area contributed by atoms with Gasteiger partial charge in [0.1, 0.15) is 5.75 Å². The Morgan fingerprint density at radius 2 is 1.92 bits per heavy atom. The van der Waals surface area contributed by atoms with Crippen LogP contribution in [0.5, 0.6) is 5.75 Å². The molecular weight excluding hydrogens is 324 g/mol. The quantitative estimate of drug-likeness (QED) is 0.901. The van der Waals surface area contributed by atoms with Gasteiger partial charge in [0.2, 0.25) is 0 Å². The van der Waals surface area contributed by atoms with Gasteiger partial charge >= 0.3 is 0 Å². The van der Waals surface area contributed by atoms with Crippen LogP contribution in [0.15, 0.2) is 48.5 Å². The number of benzene rings is 2. The minimum atomic E-state index is -0.0467. The molecule has 1 atom stereocenters. The van der Waals surface area contributed by atoms with Crippen molar-refractivity contribution in [1.29, 1.82) is 0 Å². The first-order chi connectivity index (χ1) is 11.7. The number of nitrogens with one attached hydrogen (secondary N) is 1. The first-order valence-corrected chi connectivity index (χ1v) is 8.46. The van der Waals surface area contributed by atoms with E-state index in [4.69, 9.17) is 16.3 Å². The fraction of sp³-hybridized carbons (Fsp3) is 0.316. The summed E-state index contributed by atoms with van der Waals surface area (Å²) in [7, 11) is 1.67. The Kier molecular flexibility index (Phi) is 5.26. The van der Waals surface area contributed by atoms with E-state index < -0.39 is 0 Å². The molecule has 5 heteroatoms. The molecule has 1 amide bonds. The van der Waals surface area contributed by atoms with E-state index in [1.807, 2.05) is 12.1 Å². The molecule has 2 aromatic rings. The summed E-state index contributed by atoms with van der Waals surface area (Å²) >= 11 is 5.85. The van der Waals surface area contributed by atoms with Crippen molar-refractivity contribution in [2.75, 3.05) is 31.6 Å². The Bertz CT molecular complexity index is 686. The first kappa shape index (κ1) is 16.7. The van der Waals surface area contributed by atoms with Gasteiger partial charge in [0.15, 0.2) is 0 Å². The zero-order valence-electron chi connectivity index (χ0n) is 13.7. The van der Waals surface area contributed by atoms with E-state index in [-0.39, 0.29) is 5.91 Å². The van der Waals surface area contributed by atoms with Gasteiger partial charge in [-0.1, -0.05) is 11.6 Å². The molecule has 4 nitrogen and oxygen atoms in total. The van der Waals surface area contributed by atoms with Crippen LogP contribution in [0.4, 0.5) is 5.69 Å². The van der Waals surface area contributed by atoms with Crippen LogP contribution in [0.2, 0.25) is 5.02 Å². The molecule has 1 saturated heterocycles. The highest BCUT2D eigenvalue weighted by Gasteiger charge is 2.23. The molecule has 1 unspecified atom stereocenters. The van der Waals surface area contributed by atoms with Crippen LogP contribution in [0.3, 0.4) is 0 Å². The van der Waals surface area contributed by atoms with Crippen molar-refractivity contribution >= 4 is 23.2 Å². The number of carbonyl (C=O) groups excluding carboxylic acids is 1. The summed E-state index contributed by atoms with van der Waals surface area (Å²) < 4.78 is 5.19. The van der Waals surface area contributed by atoms with Crippen molar-refractivity contribution in [2.24, 2.45) is 5.92 Å². The maximum atomic E-state index is 12.2. The smallest absolute Gasteiger partial charge is 0.251 e. The normalized spacial score (nSPS) is 16.9. The molecule has 0 radical (unpaired) electrons. The molecule has 0 saturated carbocycles. The number of hydrogen-bond acceptors (Lipinski definition) is 3. The van der Waals surface area contributed by atoms with E-state index in [2.05, 4.69) is 22.3 Å². The standard InChI is InChI=1S/C19H21ClN2O2/c1-24-18-8-6-17(7-9-18)22-11-10-14(13-22)12-21-19(23)15-2-4-16(20)5-3-15/h2-9,14H,10-13H2,1H3,(H,21,23). The lowest BCUT2D eigenvalue weighted by atomic mass is 10.1. The van der Waals surface area contributed by atoms with Gasteiger partial charge in [-0.2, -0.15) is 0 Å². The van der Waals surface area contributed by atoms with Gasteiger partial charge in [-0.3, -0.25) is 4.79 Å². The average Bonchev–Trinajstić information content (AvgIpc) is 3.09. The van der Waals surface area contributed by atoms with Crippen molar-refractivity contribution in [2.45, 2.75) is 6.42 Å². The predicted molar refractivity (Wildman–Crippen MR) is 97.1 cm³/mol. The Balaban J connectivity index is 1.50. The maximum Gasteiger partial charge on any atom is 0.251 e. The highest BCUT2D eigenvalue weighted by molar-refractivity contribution is 6.30. The SMILES string of the molecule is COc1ccc(N2CCC(CNC(=O)c3ccc(Cl)cc3)C2)cc1. The van der Waals surface area contributed by atoms with Crippen LogP contribution in [0, 0.1) is 5.92 Å². The number of ether oxygens (including phenoxy) is 1. The minimum absolute atomic E-state index is 0.0467. The Morgan fingerprint density at radius 3 is 2.58 bits per heavy atom. The van der Waals surface area contributed by atoms with Gasteiger partial charge in [-0.15, -0.1) is 0 Å². The second-order valence-corrected chi connectivity index (χ2v) is 6.45. The third-order valence-electron chi connectivity index (χ3n) is 4.38. The van der Waals surface area contributed by atoms with Gasteiger partial charge in [0.25, 0.3) is 5.91 Å². The zero-order chi connectivity index (χ0) is 16.9. The molecular formula is C19H21ClN2O2. The summed E-state index contributed by atoms with van der Waals surface area (Å²) in [6.45, 7) is 2.65. The molecule has 1 heterocycles. The molecule has 0 bridgehead atoms. The number of carbonyl (C=O) groups is 1. The average molecular weight is 345 g/mol. The summed E-state index contributed by atoms with van der Waals surface area (Å²) in [5, 5.41) is 3.66. The second-order valence-electron chi connectivity index (χ2n) is 6.02. The number of rotatable bonds is 5. The number of halogens is 1. The van der Waals surface area contributed by atoms with Gasteiger partial charge in [0, 0.05) is 35.9 Å². The number of amides is 1. The van der Waals surface area contributed by atoms with Gasteiger partial charge in [-0.05, 0) is 60.9 Å². The van der Waals surface area contributed by atoms with Crippen molar-refractivity contribution < 1.29 is 9.53 Å². The molecule has 126 valence electrons. The maximum absolute atomic E-state index is 12.2. The van der Waals surface area contributed by atoms with E-state index >= 15 is 0 Å². The lowest BCUT2D eigenvalue weighted by Gasteiger charge is -2.19. The molecule has 1 N–H and O–H groups in total. The highest BCUT2D eigenvalue weighted by atomic mass is 35.5. The fourth-order valence-electron chi connectivity index (χ4n) is 2.97. The van der Waals surface area contributed by atoms with Crippen molar-refractivity contribution in [3.63, 3.8) is 0 Å². The van der Waals surface area contributed by atoms with Gasteiger partial charge < -0.3 is 15.0 Å². The van der Waals surface area contributed by atoms with Gasteiger partial charge in [-0.25, -0.2) is 0 Å². The molecule has 0 aromatic heterocycles. The number of hydrogen-bond donors (Lipinski definition) is 1. The van der Waals surface area contributed by atoms with Crippen molar-refractivity contribution in [3.05, 3.63) is 59.1 Å². The second kappa shape index (κ2) is 7.58. The molecule has 3 rings (SSSR count). The Labute approximate surface area is 147 Å². The molecule has 0 aliphatic carbocycles. The van der Waals surface area contributed by atoms with Crippen LogP contribution in [-0.2, 0) is 0 Å². The third kappa shape index (κ3) is 4.01. The first-order valence-electron chi connectivity index (χ1n) is 8.08. The molecule has 1 aliphatic rings. The van der Waals surface area contributed by atoms with Crippen LogP contribution < -0.4 is 15.0 Å². The summed E-state index contributed by atoms with van der Waals surface area (Å²) in [6.07, 6.45) is 1.08. The number of methoxy groups -OCH3 is 1. The topological polar surface area (TPSA) is 41.6 Å². The summed E-state index contributed by atoms with van der Waals surface area (Å²) in [5.41, 5.74) is 1.84. The molecule has 0 spiro atoms. The van der Waals surface area contributed by atoms with E-state index in [1.54, 1.807) is 31.4 Å². The summed E-state index contributed by atoms with van der Waals surface area (Å²) in [4.78, 5) is 14.5. The lowest BCUT2D eigenvalue weighted by molar-refractivity contribution is 0.0948. The predicted octanol–water partition coefficient (Wildman–Crippen LogP) is 3.60. The van der Waals surface area contributed by atoms with E-state index in [9.17, 15) is 4.79 Å². The highest BCUT2D eigenvalue weighted by Crippen LogP contribution is 2.25. The van der Waals surface area contributed by atoms with Gasteiger partial charge in [0.05, 0.1) is 7.11 Å². The lowest BCUT2D eigenvalue weighted by Crippen LogP contribution is -2.31. The molecule has 1 aliphatic heterocycles. The number of nitrogens with zero attached hydrogens (tertiary/aromatic N) is 1. The van der Waals surface area contributed by atoms with E-state index in [0.717, 1.165) is 25.3 Å².